The summed E-state index contributed by atoms with van der Waals surface area (Å²) < 4.78 is 31.1. The van der Waals surface area contributed by atoms with E-state index in [1.54, 1.807) is 12.4 Å². The summed E-state index contributed by atoms with van der Waals surface area (Å²) in [6.45, 7) is 3.21. The van der Waals surface area contributed by atoms with Crippen LogP contribution in [-0.2, 0) is 14.8 Å². The molecule has 1 saturated carbocycles. The maximum Gasteiger partial charge on any atom is 0.208 e. The molecule has 0 spiro atoms. The Morgan fingerprint density at radius 2 is 1.71 bits per heavy atom. The molecule has 0 radical (unpaired) electrons. The van der Waals surface area contributed by atoms with Gasteiger partial charge in [0, 0.05) is 43.3 Å². The predicted molar refractivity (Wildman–Crippen MR) is 110 cm³/mol. The Labute approximate surface area is 165 Å². The number of hydrogen-bond donors (Lipinski definition) is 2. The van der Waals surface area contributed by atoms with Crippen LogP contribution >= 0.6 is 0 Å². The number of ether oxygens (including phenoxy) is 1. The third-order valence-electron chi connectivity index (χ3n) is 5.40. The molecule has 152 valence electrons. The maximum atomic E-state index is 11.5. The molecule has 0 bridgehead atoms. The van der Waals surface area contributed by atoms with Crippen LogP contribution in [0.15, 0.2) is 24.5 Å². The summed E-state index contributed by atoms with van der Waals surface area (Å²) in [5, 5.41) is 3.65. The van der Waals surface area contributed by atoms with E-state index in [1.807, 2.05) is 0 Å². The second-order valence-corrected chi connectivity index (χ2v) is 9.38. The van der Waals surface area contributed by atoms with Crippen LogP contribution in [0, 0.1) is 0 Å². The quantitative estimate of drug-likeness (QED) is 0.782. The van der Waals surface area contributed by atoms with Gasteiger partial charge in [-0.1, -0.05) is 0 Å². The number of benzene rings is 1. The molecule has 1 saturated heterocycles. The van der Waals surface area contributed by atoms with E-state index in [4.69, 9.17) is 4.74 Å². The normalized spacial score (nSPS) is 23.7. The number of morpholine rings is 1. The Morgan fingerprint density at radius 3 is 2.43 bits per heavy atom. The van der Waals surface area contributed by atoms with E-state index in [9.17, 15) is 8.42 Å². The molecule has 1 aromatic heterocycles. The lowest BCUT2D eigenvalue weighted by molar-refractivity contribution is 0.122. The molecule has 0 unspecified atom stereocenters. The van der Waals surface area contributed by atoms with Crippen molar-refractivity contribution in [2.75, 3.05) is 42.8 Å². The molecule has 8 nitrogen and oxygen atoms in total. The van der Waals surface area contributed by atoms with Gasteiger partial charge in [-0.3, -0.25) is 9.97 Å². The van der Waals surface area contributed by atoms with Crippen molar-refractivity contribution in [1.29, 1.82) is 0 Å². The molecule has 0 amide bonds. The van der Waals surface area contributed by atoms with Gasteiger partial charge in [0.15, 0.2) is 0 Å². The van der Waals surface area contributed by atoms with Crippen LogP contribution in [0.25, 0.3) is 11.0 Å². The van der Waals surface area contributed by atoms with Crippen molar-refractivity contribution in [3.8, 4) is 0 Å². The smallest absolute Gasteiger partial charge is 0.208 e. The maximum absolute atomic E-state index is 11.5. The highest BCUT2D eigenvalue weighted by Crippen LogP contribution is 2.31. The highest BCUT2D eigenvalue weighted by atomic mass is 32.2. The first kappa shape index (κ1) is 19.4. The number of anilines is 2. The fraction of sp³-hybridized carbons (Fsp3) is 0.579. The van der Waals surface area contributed by atoms with Gasteiger partial charge in [-0.25, -0.2) is 13.1 Å². The van der Waals surface area contributed by atoms with Gasteiger partial charge in [0.05, 0.1) is 30.7 Å². The van der Waals surface area contributed by atoms with E-state index in [1.165, 1.54) is 6.26 Å². The molecular formula is C19H27N5O3S. The SMILES string of the molecule is CS(=O)(=O)N[C@H]1CC[C@@H](Nc2cc(N3CCOCC3)cc3nccnc23)CC1. The van der Waals surface area contributed by atoms with E-state index in [0.717, 1.165) is 74.4 Å². The Kier molecular flexibility index (Phi) is 5.65. The van der Waals surface area contributed by atoms with Crippen LogP contribution in [0.2, 0.25) is 0 Å². The Balaban J connectivity index is 1.51. The number of nitrogens with zero attached hydrogens (tertiary/aromatic N) is 3. The van der Waals surface area contributed by atoms with Crippen molar-refractivity contribution in [3.05, 3.63) is 24.5 Å². The number of sulfonamides is 1. The van der Waals surface area contributed by atoms with Gasteiger partial charge < -0.3 is 15.0 Å². The topological polar surface area (TPSA) is 96.5 Å². The van der Waals surface area contributed by atoms with Crippen LogP contribution < -0.4 is 14.9 Å². The molecule has 2 heterocycles. The zero-order valence-corrected chi connectivity index (χ0v) is 16.9. The van der Waals surface area contributed by atoms with Crippen molar-refractivity contribution in [3.63, 3.8) is 0 Å². The molecule has 2 fully saturated rings. The van der Waals surface area contributed by atoms with Crippen LogP contribution in [0.5, 0.6) is 0 Å². The molecule has 0 atom stereocenters. The molecule has 4 rings (SSSR count). The lowest BCUT2D eigenvalue weighted by Crippen LogP contribution is -2.39. The first-order chi connectivity index (χ1) is 13.5. The van der Waals surface area contributed by atoms with E-state index in [0.29, 0.717) is 6.04 Å². The number of hydrogen-bond acceptors (Lipinski definition) is 7. The predicted octanol–water partition coefficient (Wildman–Crippen LogP) is 1.74. The van der Waals surface area contributed by atoms with Gasteiger partial charge in [-0.05, 0) is 37.8 Å². The summed E-state index contributed by atoms with van der Waals surface area (Å²) >= 11 is 0. The monoisotopic (exact) mass is 405 g/mol. The first-order valence-corrected chi connectivity index (χ1v) is 11.7. The summed E-state index contributed by atoms with van der Waals surface area (Å²) in [5.74, 6) is 0. The van der Waals surface area contributed by atoms with E-state index in [2.05, 4.69) is 37.0 Å². The summed E-state index contributed by atoms with van der Waals surface area (Å²) in [4.78, 5) is 11.4. The van der Waals surface area contributed by atoms with Crippen molar-refractivity contribution in [2.45, 2.75) is 37.8 Å². The second kappa shape index (κ2) is 8.18. The van der Waals surface area contributed by atoms with Crippen molar-refractivity contribution in [1.82, 2.24) is 14.7 Å². The summed E-state index contributed by atoms with van der Waals surface area (Å²) in [6.07, 6.45) is 8.15. The molecular weight excluding hydrogens is 378 g/mol. The van der Waals surface area contributed by atoms with Gasteiger partial charge in [0.25, 0.3) is 0 Å². The molecule has 2 aliphatic rings. The average Bonchev–Trinajstić information content (AvgIpc) is 2.69. The minimum Gasteiger partial charge on any atom is -0.380 e. The lowest BCUT2D eigenvalue weighted by atomic mass is 9.91. The standard InChI is InChI=1S/C19H27N5O3S/c1-28(25,26)23-15-4-2-14(3-5-15)22-18-13-16(24-8-10-27-11-9-24)12-17-19(18)21-7-6-20-17/h6-7,12-15,22-23H,2-5,8-11H2,1H3/t14-,15+. The highest BCUT2D eigenvalue weighted by molar-refractivity contribution is 7.88. The van der Waals surface area contributed by atoms with Gasteiger partial charge in [0.1, 0.15) is 5.52 Å². The van der Waals surface area contributed by atoms with Crippen LogP contribution in [0.4, 0.5) is 11.4 Å². The Hall–Kier alpha value is -1.97. The van der Waals surface area contributed by atoms with Gasteiger partial charge in [0.2, 0.25) is 10.0 Å². The van der Waals surface area contributed by atoms with Crippen LogP contribution in [-0.4, -0.2) is 63.0 Å². The molecule has 1 aromatic carbocycles. The fourth-order valence-electron chi connectivity index (χ4n) is 4.05. The fourth-order valence-corrected chi connectivity index (χ4v) is 4.89. The average molecular weight is 406 g/mol. The molecule has 1 aliphatic heterocycles. The largest absolute Gasteiger partial charge is 0.380 e. The minimum absolute atomic E-state index is 0.0317. The number of nitrogens with one attached hydrogen (secondary N) is 2. The number of fused-ring (bicyclic) bond motifs is 1. The van der Waals surface area contributed by atoms with Crippen molar-refractivity contribution >= 4 is 32.4 Å². The van der Waals surface area contributed by atoms with E-state index < -0.39 is 10.0 Å². The van der Waals surface area contributed by atoms with Crippen LogP contribution in [0.1, 0.15) is 25.7 Å². The number of aromatic nitrogens is 2. The second-order valence-electron chi connectivity index (χ2n) is 7.60. The van der Waals surface area contributed by atoms with Crippen molar-refractivity contribution in [2.24, 2.45) is 0 Å². The molecule has 2 aromatic rings. The molecule has 2 N–H and O–H groups in total. The van der Waals surface area contributed by atoms with Crippen molar-refractivity contribution < 1.29 is 13.2 Å². The van der Waals surface area contributed by atoms with E-state index in [-0.39, 0.29) is 6.04 Å². The first-order valence-electron chi connectivity index (χ1n) is 9.79. The van der Waals surface area contributed by atoms with Gasteiger partial charge in [-0.15, -0.1) is 0 Å². The Bertz CT molecular complexity index is 922. The molecule has 28 heavy (non-hydrogen) atoms. The van der Waals surface area contributed by atoms with Gasteiger partial charge in [-0.2, -0.15) is 0 Å². The summed E-state index contributed by atoms with van der Waals surface area (Å²) in [6, 6.07) is 4.57. The number of rotatable bonds is 5. The molecule has 1 aliphatic carbocycles. The minimum atomic E-state index is -3.15. The zero-order chi connectivity index (χ0) is 19.6. The zero-order valence-electron chi connectivity index (χ0n) is 16.1. The third kappa shape index (κ3) is 4.71. The van der Waals surface area contributed by atoms with Crippen LogP contribution in [0.3, 0.4) is 0 Å². The summed E-state index contributed by atoms with van der Waals surface area (Å²) in [7, 11) is -3.15. The third-order valence-corrected chi connectivity index (χ3v) is 6.16. The molecule has 9 heteroatoms. The van der Waals surface area contributed by atoms with Gasteiger partial charge >= 0.3 is 0 Å². The Morgan fingerprint density at radius 1 is 1.04 bits per heavy atom. The highest BCUT2D eigenvalue weighted by Gasteiger charge is 2.24. The summed E-state index contributed by atoms with van der Waals surface area (Å²) in [5.41, 5.74) is 3.87. The lowest BCUT2D eigenvalue weighted by Gasteiger charge is -2.31. The van der Waals surface area contributed by atoms with E-state index >= 15 is 0 Å².